The molecule has 0 atom stereocenters. The first kappa shape index (κ1) is 10.9. The van der Waals surface area contributed by atoms with Gasteiger partial charge in [-0.15, -0.1) is 0 Å². The molecule has 1 rings (SSSR count). The summed E-state index contributed by atoms with van der Waals surface area (Å²) in [5.41, 5.74) is 0.947. The molecule has 1 aromatic heterocycles. The Labute approximate surface area is 86.1 Å². The predicted molar refractivity (Wildman–Crippen MR) is 60.8 cm³/mol. The monoisotopic (exact) mass is 190 g/mol. The number of nitrogens with zero attached hydrogens (tertiary/aromatic N) is 2. The van der Waals surface area contributed by atoms with Crippen LogP contribution in [0.15, 0.2) is 29.4 Å². The fourth-order valence-electron chi connectivity index (χ4n) is 1.24. The normalized spacial score (nSPS) is 10.9. The van der Waals surface area contributed by atoms with Crippen LogP contribution in [0, 0.1) is 0 Å². The largest absolute Gasteiger partial charge is 0.291 e. The lowest BCUT2D eigenvalue weighted by molar-refractivity contribution is 0.676. The molecule has 0 spiro atoms. The van der Waals surface area contributed by atoms with E-state index in [-0.39, 0.29) is 0 Å². The van der Waals surface area contributed by atoms with Crippen LogP contribution in [0.4, 0.5) is 0 Å². The summed E-state index contributed by atoms with van der Waals surface area (Å²) in [6.07, 6.45) is 8.72. The Morgan fingerprint density at radius 1 is 1.29 bits per heavy atom. The molecule has 2 heteroatoms. The number of aromatic nitrogens is 1. The molecule has 76 valence electrons. The van der Waals surface area contributed by atoms with Crippen LogP contribution in [0.25, 0.3) is 0 Å². The second-order valence-corrected chi connectivity index (χ2v) is 3.35. The van der Waals surface area contributed by atoms with Crippen LogP contribution in [-0.4, -0.2) is 17.7 Å². The number of unbranched alkanes of at least 4 members (excludes halogenated alkanes) is 3. The van der Waals surface area contributed by atoms with Gasteiger partial charge in [-0.3, -0.25) is 9.98 Å². The highest BCUT2D eigenvalue weighted by molar-refractivity contribution is 5.76. The zero-order valence-corrected chi connectivity index (χ0v) is 8.82. The van der Waals surface area contributed by atoms with Gasteiger partial charge in [0.1, 0.15) is 0 Å². The summed E-state index contributed by atoms with van der Waals surface area (Å²) < 4.78 is 0. The summed E-state index contributed by atoms with van der Waals surface area (Å²) in [4.78, 5) is 8.49. The summed E-state index contributed by atoms with van der Waals surface area (Å²) in [6, 6.07) is 5.86. The van der Waals surface area contributed by atoms with Crippen molar-refractivity contribution in [1.29, 1.82) is 0 Å². The van der Waals surface area contributed by atoms with Gasteiger partial charge in [0.2, 0.25) is 0 Å². The molecule has 2 nitrogen and oxygen atoms in total. The van der Waals surface area contributed by atoms with E-state index in [1.165, 1.54) is 25.7 Å². The maximum absolute atomic E-state index is 4.33. The van der Waals surface area contributed by atoms with Gasteiger partial charge in [-0.25, -0.2) is 0 Å². The van der Waals surface area contributed by atoms with E-state index in [1.54, 1.807) is 6.20 Å². The minimum atomic E-state index is 0.927. The quantitative estimate of drug-likeness (QED) is 0.500. The molecule has 0 fully saturated rings. The Morgan fingerprint density at radius 3 is 2.93 bits per heavy atom. The maximum Gasteiger partial charge on any atom is 0.0807 e. The Bertz CT molecular complexity index is 254. The highest BCUT2D eigenvalue weighted by Gasteiger charge is 1.86. The Balaban J connectivity index is 2.15. The fourth-order valence-corrected chi connectivity index (χ4v) is 1.24. The molecule has 14 heavy (non-hydrogen) atoms. The summed E-state index contributed by atoms with van der Waals surface area (Å²) in [5, 5.41) is 0. The van der Waals surface area contributed by atoms with E-state index in [0.717, 1.165) is 12.2 Å². The number of aliphatic imine (C=N–C) groups is 1. The average Bonchev–Trinajstić information content (AvgIpc) is 2.25. The molecule has 0 aliphatic heterocycles. The number of rotatable bonds is 6. The van der Waals surface area contributed by atoms with Gasteiger partial charge in [0.25, 0.3) is 0 Å². The van der Waals surface area contributed by atoms with Crippen molar-refractivity contribution in [1.82, 2.24) is 4.98 Å². The van der Waals surface area contributed by atoms with Gasteiger partial charge in [0.15, 0.2) is 0 Å². The lowest BCUT2D eigenvalue weighted by Crippen LogP contribution is -1.87. The van der Waals surface area contributed by atoms with Gasteiger partial charge < -0.3 is 0 Å². The predicted octanol–water partition coefficient (Wildman–Crippen LogP) is 3.08. The molecule has 0 aliphatic carbocycles. The first-order valence-corrected chi connectivity index (χ1v) is 5.34. The zero-order chi connectivity index (χ0) is 10.1. The van der Waals surface area contributed by atoms with Crippen molar-refractivity contribution in [3.63, 3.8) is 0 Å². The van der Waals surface area contributed by atoms with E-state index in [9.17, 15) is 0 Å². The van der Waals surface area contributed by atoms with E-state index < -0.39 is 0 Å². The van der Waals surface area contributed by atoms with Gasteiger partial charge in [-0.05, 0) is 18.6 Å². The van der Waals surface area contributed by atoms with Crippen LogP contribution < -0.4 is 0 Å². The molecule has 0 N–H and O–H groups in total. The third-order valence-electron chi connectivity index (χ3n) is 2.05. The molecule has 0 amide bonds. The van der Waals surface area contributed by atoms with Crippen molar-refractivity contribution >= 4 is 6.21 Å². The number of pyridine rings is 1. The zero-order valence-electron chi connectivity index (χ0n) is 8.82. The first-order valence-electron chi connectivity index (χ1n) is 5.34. The number of hydrogen-bond donors (Lipinski definition) is 0. The minimum Gasteiger partial charge on any atom is -0.291 e. The standard InChI is InChI=1S/C12H18N2/c1-2-3-4-6-9-13-11-12-8-5-7-10-14-12/h5,7-8,10-11H,2-4,6,9H2,1H3/b13-11+. The minimum absolute atomic E-state index is 0.927. The second kappa shape index (κ2) is 7.25. The third-order valence-corrected chi connectivity index (χ3v) is 2.05. The Morgan fingerprint density at radius 2 is 2.21 bits per heavy atom. The van der Waals surface area contributed by atoms with Crippen molar-refractivity contribution < 1.29 is 0 Å². The number of hydrogen-bond acceptors (Lipinski definition) is 2. The van der Waals surface area contributed by atoms with Crippen LogP contribution in [0.5, 0.6) is 0 Å². The van der Waals surface area contributed by atoms with Gasteiger partial charge in [0.05, 0.1) is 5.69 Å². The lowest BCUT2D eigenvalue weighted by Gasteiger charge is -1.94. The topological polar surface area (TPSA) is 25.2 Å². The average molecular weight is 190 g/mol. The van der Waals surface area contributed by atoms with E-state index in [4.69, 9.17) is 0 Å². The SMILES string of the molecule is CCCCCC/N=C/c1ccccn1. The Kier molecular flexibility index (Phi) is 5.64. The summed E-state index contributed by atoms with van der Waals surface area (Å²) in [5.74, 6) is 0. The smallest absolute Gasteiger partial charge is 0.0807 e. The maximum atomic E-state index is 4.33. The van der Waals surface area contributed by atoms with E-state index in [2.05, 4.69) is 16.9 Å². The molecule has 1 aromatic rings. The molecular weight excluding hydrogens is 172 g/mol. The van der Waals surface area contributed by atoms with E-state index >= 15 is 0 Å². The molecule has 0 aromatic carbocycles. The molecule has 0 bridgehead atoms. The second-order valence-electron chi connectivity index (χ2n) is 3.35. The van der Waals surface area contributed by atoms with Crippen molar-refractivity contribution in [3.8, 4) is 0 Å². The van der Waals surface area contributed by atoms with Gasteiger partial charge in [-0.2, -0.15) is 0 Å². The molecule has 0 saturated heterocycles. The van der Waals surface area contributed by atoms with Crippen LogP contribution in [0.1, 0.15) is 38.3 Å². The molecule has 0 aliphatic rings. The molecule has 1 heterocycles. The highest BCUT2D eigenvalue weighted by Crippen LogP contribution is 1.98. The molecule has 0 unspecified atom stereocenters. The van der Waals surface area contributed by atoms with Gasteiger partial charge in [0, 0.05) is 19.0 Å². The molecule has 0 saturated carbocycles. The fraction of sp³-hybridized carbons (Fsp3) is 0.500. The third kappa shape index (κ3) is 4.75. The van der Waals surface area contributed by atoms with Crippen LogP contribution in [0.3, 0.4) is 0 Å². The van der Waals surface area contributed by atoms with E-state index in [0.29, 0.717) is 0 Å². The summed E-state index contributed by atoms with van der Waals surface area (Å²) in [7, 11) is 0. The highest BCUT2D eigenvalue weighted by atomic mass is 14.7. The van der Waals surface area contributed by atoms with Crippen molar-refractivity contribution in [2.24, 2.45) is 4.99 Å². The van der Waals surface area contributed by atoms with Crippen LogP contribution >= 0.6 is 0 Å². The van der Waals surface area contributed by atoms with Crippen molar-refractivity contribution in [2.75, 3.05) is 6.54 Å². The molecular formula is C12H18N2. The van der Waals surface area contributed by atoms with Crippen LogP contribution in [0.2, 0.25) is 0 Å². The van der Waals surface area contributed by atoms with Crippen molar-refractivity contribution in [3.05, 3.63) is 30.1 Å². The Hall–Kier alpha value is -1.18. The van der Waals surface area contributed by atoms with Crippen molar-refractivity contribution in [2.45, 2.75) is 32.6 Å². The van der Waals surface area contributed by atoms with Gasteiger partial charge >= 0.3 is 0 Å². The molecule has 0 radical (unpaired) electrons. The summed E-state index contributed by atoms with van der Waals surface area (Å²) in [6.45, 7) is 3.15. The summed E-state index contributed by atoms with van der Waals surface area (Å²) >= 11 is 0. The first-order chi connectivity index (χ1) is 6.93. The van der Waals surface area contributed by atoms with E-state index in [1.807, 2.05) is 24.4 Å². The van der Waals surface area contributed by atoms with Gasteiger partial charge in [-0.1, -0.05) is 32.3 Å². The lowest BCUT2D eigenvalue weighted by atomic mass is 10.2. The van der Waals surface area contributed by atoms with Crippen LogP contribution in [-0.2, 0) is 0 Å².